The Morgan fingerprint density at radius 1 is 1.05 bits per heavy atom. The SMILES string of the molecule is O=C(c1ccc(S(=O)(=O)CC2CCC2)cn1)N1CCC2(CC1)Oc1ccccc1-n1c(C(F)(F)F)ccc12. The monoisotopic (exact) mass is 545 g/mol. The second kappa shape index (κ2) is 8.86. The van der Waals surface area contributed by atoms with Gasteiger partial charge >= 0.3 is 6.18 Å². The number of carbonyl (C=O) groups excluding carboxylic acids is 1. The average molecular weight is 546 g/mol. The van der Waals surface area contributed by atoms with E-state index in [-0.39, 0.29) is 41.3 Å². The summed E-state index contributed by atoms with van der Waals surface area (Å²) < 4.78 is 74.3. The lowest BCUT2D eigenvalue weighted by molar-refractivity contribution is -0.143. The third-order valence-electron chi connectivity index (χ3n) is 7.90. The van der Waals surface area contributed by atoms with Crippen molar-refractivity contribution in [2.45, 2.75) is 48.8 Å². The highest BCUT2D eigenvalue weighted by Gasteiger charge is 2.48. The van der Waals surface area contributed by atoms with E-state index in [9.17, 15) is 26.4 Å². The Bertz CT molecular complexity index is 1490. The molecule has 1 saturated heterocycles. The number of nitrogens with zero attached hydrogens (tertiary/aromatic N) is 3. The zero-order valence-corrected chi connectivity index (χ0v) is 21.3. The quantitative estimate of drug-likeness (QED) is 0.462. The van der Waals surface area contributed by atoms with Crippen LogP contribution in [0.4, 0.5) is 13.2 Å². The smallest absolute Gasteiger partial charge is 0.431 e. The van der Waals surface area contributed by atoms with Crippen LogP contribution in [0.25, 0.3) is 5.69 Å². The first-order chi connectivity index (χ1) is 18.1. The van der Waals surface area contributed by atoms with Crippen LogP contribution in [0.15, 0.2) is 59.6 Å². The summed E-state index contributed by atoms with van der Waals surface area (Å²) in [5, 5.41) is 0. The van der Waals surface area contributed by atoms with E-state index in [0.717, 1.165) is 25.3 Å². The number of alkyl halides is 3. The maximum atomic E-state index is 13.8. The number of ether oxygens (including phenoxy) is 1. The van der Waals surface area contributed by atoms with Gasteiger partial charge < -0.3 is 14.2 Å². The van der Waals surface area contributed by atoms with Crippen molar-refractivity contribution in [3.05, 3.63) is 71.8 Å². The molecule has 3 aromatic rings. The number of hydrogen-bond donors (Lipinski definition) is 0. The molecule has 4 heterocycles. The molecule has 0 bridgehead atoms. The lowest BCUT2D eigenvalue weighted by Gasteiger charge is -2.45. The number of benzene rings is 1. The van der Waals surface area contributed by atoms with Crippen LogP contribution < -0.4 is 4.74 Å². The topological polar surface area (TPSA) is 81.5 Å². The maximum Gasteiger partial charge on any atom is 0.431 e. The van der Waals surface area contributed by atoms with Crippen LogP contribution in [-0.2, 0) is 21.6 Å². The van der Waals surface area contributed by atoms with Crippen molar-refractivity contribution in [2.24, 2.45) is 5.92 Å². The van der Waals surface area contributed by atoms with Gasteiger partial charge in [-0.1, -0.05) is 18.6 Å². The van der Waals surface area contributed by atoms with Crippen LogP contribution in [0.3, 0.4) is 0 Å². The van der Waals surface area contributed by atoms with Gasteiger partial charge in [-0.2, -0.15) is 13.2 Å². The Labute approximate surface area is 218 Å². The summed E-state index contributed by atoms with van der Waals surface area (Å²) in [5.74, 6) is 0.286. The van der Waals surface area contributed by atoms with Gasteiger partial charge in [0.1, 0.15) is 17.1 Å². The molecule has 2 aromatic heterocycles. The second-order valence-corrected chi connectivity index (χ2v) is 12.3. The second-order valence-electron chi connectivity index (χ2n) is 10.3. The minimum Gasteiger partial charge on any atom is -0.479 e. The summed E-state index contributed by atoms with van der Waals surface area (Å²) in [4.78, 5) is 19.0. The normalized spacial score (nSPS) is 18.9. The molecule has 1 aliphatic carbocycles. The van der Waals surface area contributed by atoms with Gasteiger partial charge in [0.15, 0.2) is 15.4 Å². The van der Waals surface area contributed by atoms with Gasteiger partial charge in [0.25, 0.3) is 5.91 Å². The summed E-state index contributed by atoms with van der Waals surface area (Å²) in [7, 11) is -3.45. The van der Waals surface area contributed by atoms with E-state index in [1.807, 2.05) is 0 Å². The van der Waals surface area contributed by atoms with Gasteiger partial charge in [-0.15, -0.1) is 0 Å². The molecule has 200 valence electrons. The fourth-order valence-electron chi connectivity index (χ4n) is 5.61. The molecule has 0 radical (unpaired) electrons. The molecule has 1 spiro atoms. The van der Waals surface area contributed by atoms with Gasteiger partial charge in [0.05, 0.1) is 22.0 Å². The van der Waals surface area contributed by atoms with Crippen molar-refractivity contribution >= 4 is 15.7 Å². The number of hydrogen-bond acceptors (Lipinski definition) is 5. The minimum absolute atomic E-state index is 0.0943. The van der Waals surface area contributed by atoms with E-state index in [4.69, 9.17) is 4.74 Å². The van der Waals surface area contributed by atoms with Gasteiger partial charge in [-0.25, -0.2) is 13.4 Å². The first-order valence-electron chi connectivity index (χ1n) is 12.6. The van der Waals surface area contributed by atoms with Gasteiger partial charge in [-0.05, 0) is 55.2 Å². The fraction of sp³-hybridized carbons (Fsp3) is 0.407. The number of fused-ring (bicyclic) bond motifs is 4. The highest BCUT2D eigenvalue weighted by molar-refractivity contribution is 7.91. The van der Waals surface area contributed by atoms with E-state index >= 15 is 0 Å². The number of amides is 1. The molecule has 2 aliphatic heterocycles. The summed E-state index contributed by atoms with van der Waals surface area (Å²) in [6, 6.07) is 12.0. The third kappa shape index (κ3) is 4.16. The van der Waals surface area contributed by atoms with E-state index in [1.165, 1.54) is 29.0 Å². The fourth-order valence-corrected chi connectivity index (χ4v) is 7.25. The van der Waals surface area contributed by atoms with Crippen LogP contribution in [-0.4, -0.2) is 47.6 Å². The molecule has 0 atom stereocenters. The first-order valence-corrected chi connectivity index (χ1v) is 14.3. The molecule has 3 aliphatic rings. The van der Waals surface area contributed by atoms with Crippen molar-refractivity contribution in [1.29, 1.82) is 0 Å². The van der Waals surface area contributed by atoms with Crippen LogP contribution in [0.1, 0.15) is 54.0 Å². The molecule has 38 heavy (non-hydrogen) atoms. The number of carbonyl (C=O) groups is 1. The molecular formula is C27H26F3N3O4S. The Hall–Kier alpha value is -3.34. The number of rotatable bonds is 4. The third-order valence-corrected chi connectivity index (χ3v) is 9.77. The first kappa shape index (κ1) is 25.0. The predicted octanol–water partition coefficient (Wildman–Crippen LogP) is 4.99. The molecule has 2 fully saturated rings. The van der Waals surface area contributed by atoms with Crippen LogP contribution in [0.5, 0.6) is 5.75 Å². The summed E-state index contributed by atoms with van der Waals surface area (Å²) >= 11 is 0. The van der Waals surface area contributed by atoms with E-state index in [0.29, 0.717) is 30.0 Å². The lowest BCUT2D eigenvalue weighted by atomic mass is 9.86. The predicted molar refractivity (Wildman–Crippen MR) is 132 cm³/mol. The standard InChI is InChI=1S/C27H26F3N3O4S/c28-27(29,30)24-11-10-23-26(37-22-7-2-1-6-21(22)33(23)24)12-14-32(15-13-26)25(34)20-9-8-19(16-31-20)38(35,36)17-18-4-3-5-18/h1-2,6-11,16,18H,3-5,12-15,17H2. The number of likely N-dealkylation sites (tertiary alicyclic amines) is 1. The number of pyridine rings is 1. The van der Waals surface area contributed by atoms with Crippen molar-refractivity contribution in [1.82, 2.24) is 14.5 Å². The van der Waals surface area contributed by atoms with Gasteiger partial charge in [-0.3, -0.25) is 4.79 Å². The van der Waals surface area contributed by atoms with Crippen molar-refractivity contribution < 1.29 is 31.1 Å². The molecule has 1 amide bonds. The minimum atomic E-state index is -4.54. The van der Waals surface area contributed by atoms with Crippen molar-refractivity contribution in [2.75, 3.05) is 18.8 Å². The van der Waals surface area contributed by atoms with E-state index in [1.54, 1.807) is 29.2 Å². The Morgan fingerprint density at radius 2 is 1.79 bits per heavy atom. The average Bonchev–Trinajstić information content (AvgIpc) is 3.34. The number of halogens is 3. The molecule has 7 nitrogen and oxygen atoms in total. The molecular weight excluding hydrogens is 519 g/mol. The maximum absolute atomic E-state index is 13.8. The summed E-state index contributed by atoms with van der Waals surface area (Å²) in [6.07, 6.45) is 0.165. The highest BCUT2D eigenvalue weighted by atomic mass is 32.2. The number of para-hydroxylation sites is 2. The summed E-state index contributed by atoms with van der Waals surface area (Å²) in [5.41, 5.74) is -0.907. The zero-order chi connectivity index (χ0) is 26.7. The lowest BCUT2D eigenvalue weighted by Crippen LogP contribution is -2.50. The largest absolute Gasteiger partial charge is 0.479 e. The zero-order valence-electron chi connectivity index (χ0n) is 20.4. The van der Waals surface area contributed by atoms with Crippen LogP contribution in [0, 0.1) is 5.92 Å². The molecule has 0 N–H and O–H groups in total. The van der Waals surface area contributed by atoms with Crippen molar-refractivity contribution in [3.8, 4) is 11.4 Å². The molecule has 6 rings (SSSR count). The van der Waals surface area contributed by atoms with Crippen LogP contribution in [0.2, 0.25) is 0 Å². The van der Waals surface area contributed by atoms with Gasteiger partial charge in [0, 0.05) is 32.1 Å². The number of aromatic nitrogens is 2. The highest BCUT2D eigenvalue weighted by Crippen LogP contribution is 2.48. The Morgan fingerprint density at radius 3 is 2.42 bits per heavy atom. The number of piperidine rings is 1. The van der Waals surface area contributed by atoms with Gasteiger partial charge in [0.2, 0.25) is 0 Å². The molecule has 1 aromatic carbocycles. The molecule has 1 saturated carbocycles. The van der Waals surface area contributed by atoms with Crippen molar-refractivity contribution in [3.63, 3.8) is 0 Å². The molecule has 11 heteroatoms. The van der Waals surface area contributed by atoms with Crippen LogP contribution >= 0.6 is 0 Å². The summed E-state index contributed by atoms with van der Waals surface area (Å²) in [6.45, 7) is 0.494. The number of sulfone groups is 1. The van der Waals surface area contributed by atoms with E-state index in [2.05, 4.69) is 4.98 Å². The van der Waals surface area contributed by atoms with E-state index < -0.39 is 27.3 Å². The Kier molecular flexibility index (Phi) is 5.82. The Balaban J connectivity index is 1.21. The molecule has 0 unspecified atom stereocenters.